The lowest BCUT2D eigenvalue weighted by atomic mass is 10.3. The standard InChI is InChI=1S/C21H24ClN3O2S2/c1-24(2)12-13-25(19(26)11-14-28-16-9-7-15(22)8-10-16)21-23-20-17(27-3)5-4-6-18(20)29-21/h4-10H,11-14H2,1-3H3. The summed E-state index contributed by atoms with van der Waals surface area (Å²) in [5.74, 6) is 1.50. The largest absolute Gasteiger partial charge is 0.494 e. The lowest BCUT2D eigenvalue weighted by Crippen LogP contribution is -2.36. The van der Waals surface area contributed by atoms with Gasteiger partial charge in [0.1, 0.15) is 11.3 Å². The van der Waals surface area contributed by atoms with Gasteiger partial charge in [0.2, 0.25) is 5.91 Å². The van der Waals surface area contributed by atoms with E-state index in [1.807, 2.05) is 56.6 Å². The van der Waals surface area contributed by atoms with Gasteiger partial charge in [-0.05, 0) is 50.5 Å². The van der Waals surface area contributed by atoms with Gasteiger partial charge in [-0.1, -0.05) is 29.0 Å². The highest BCUT2D eigenvalue weighted by molar-refractivity contribution is 7.99. The number of rotatable bonds is 9. The van der Waals surface area contributed by atoms with Crippen molar-refractivity contribution in [1.29, 1.82) is 0 Å². The van der Waals surface area contributed by atoms with Crippen molar-refractivity contribution >= 4 is 56.0 Å². The number of carbonyl (C=O) groups excluding carboxylic acids is 1. The summed E-state index contributed by atoms with van der Waals surface area (Å²) in [6, 6.07) is 13.5. The minimum Gasteiger partial charge on any atom is -0.494 e. The molecule has 154 valence electrons. The van der Waals surface area contributed by atoms with Crippen LogP contribution in [-0.2, 0) is 4.79 Å². The molecule has 8 heteroatoms. The van der Waals surface area contributed by atoms with Crippen molar-refractivity contribution in [2.75, 3.05) is 44.9 Å². The van der Waals surface area contributed by atoms with E-state index in [2.05, 4.69) is 4.90 Å². The molecular formula is C21H24ClN3O2S2. The molecule has 5 nitrogen and oxygen atoms in total. The van der Waals surface area contributed by atoms with Crippen LogP contribution in [0.3, 0.4) is 0 Å². The molecule has 0 aliphatic carbocycles. The highest BCUT2D eigenvalue weighted by Crippen LogP contribution is 2.34. The first-order chi connectivity index (χ1) is 14.0. The maximum Gasteiger partial charge on any atom is 0.229 e. The van der Waals surface area contributed by atoms with Crippen LogP contribution < -0.4 is 9.64 Å². The molecule has 29 heavy (non-hydrogen) atoms. The molecule has 0 aliphatic heterocycles. The van der Waals surface area contributed by atoms with Crippen LogP contribution in [0.5, 0.6) is 5.75 Å². The number of carbonyl (C=O) groups is 1. The number of aromatic nitrogens is 1. The quantitative estimate of drug-likeness (QED) is 0.428. The number of halogens is 1. The molecule has 1 aromatic heterocycles. The highest BCUT2D eigenvalue weighted by Gasteiger charge is 2.20. The molecule has 0 N–H and O–H groups in total. The Morgan fingerprint density at radius 1 is 1.17 bits per heavy atom. The maximum atomic E-state index is 13.0. The first-order valence-electron chi connectivity index (χ1n) is 9.25. The van der Waals surface area contributed by atoms with Crippen molar-refractivity contribution in [3.63, 3.8) is 0 Å². The summed E-state index contributed by atoms with van der Waals surface area (Å²) >= 11 is 9.10. The van der Waals surface area contributed by atoms with Gasteiger partial charge in [-0.25, -0.2) is 4.98 Å². The molecular weight excluding hydrogens is 426 g/mol. The molecule has 3 rings (SSSR count). The van der Waals surface area contributed by atoms with E-state index < -0.39 is 0 Å². The van der Waals surface area contributed by atoms with Crippen LogP contribution >= 0.6 is 34.7 Å². The third kappa shape index (κ3) is 5.85. The van der Waals surface area contributed by atoms with Gasteiger partial charge in [0.05, 0.1) is 11.8 Å². The zero-order chi connectivity index (χ0) is 20.8. The average Bonchev–Trinajstić information content (AvgIpc) is 3.13. The van der Waals surface area contributed by atoms with Crippen molar-refractivity contribution in [2.24, 2.45) is 0 Å². The molecule has 1 amide bonds. The molecule has 3 aromatic rings. The summed E-state index contributed by atoms with van der Waals surface area (Å²) in [6.45, 7) is 1.36. The summed E-state index contributed by atoms with van der Waals surface area (Å²) in [4.78, 5) is 22.7. The fourth-order valence-electron chi connectivity index (χ4n) is 2.74. The average molecular weight is 450 g/mol. The van der Waals surface area contributed by atoms with Crippen molar-refractivity contribution < 1.29 is 9.53 Å². The Labute approximate surface area is 184 Å². The van der Waals surface area contributed by atoms with Gasteiger partial charge in [0, 0.05) is 35.2 Å². The second-order valence-corrected chi connectivity index (χ2v) is 9.32. The van der Waals surface area contributed by atoms with Gasteiger partial charge >= 0.3 is 0 Å². The third-order valence-electron chi connectivity index (χ3n) is 4.29. The first-order valence-corrected chi connectivity index (χ1v) is 11.4. The second-order valence-electron chi connectivity index (χ2n) is 6.70. The van der Waals surface area contributed by atoms with Crippen molar-refractivity contribution in [3.05, 3.63) is 47.5 Å². The SMILES string of the molecule is COc1cccc2sc(N(CCN(C)C)C(=O)CCSc3ccc(Cl)cc3)nc12. The summed E-state index contributed by atoms with van der Waals surface area (Å²) in [7, 11) is 5.64. The van der Waals surface area contributed by atoms with Gasteiger partial charge in [-0.3, -0.25) is 9.69 Å². The number of thioether (sulfide) groups is 1. The fraction of sp³-hybridized carbons (Fsp3) is 0.333. The van der Waals surface area contributed by atoms with Crippen LogP contribution in [0.2, 0.25) is 5.02 Å². The molecule has 0 bridgehead atoms. The van der Waals surface area contributed by atoms with E-state index in [0.717, 1.165) is 27.4 Å². The first kappa shape index (κ1) is 21.9. The number of anilines is 1. The van der Waals surface area contributed by atoms with Gasteiger partial charge in [-0.2, -0.15) is 0 Å². The molecule has 0 spiro atoms. The lowest BCUT2D eigenvalue weighted by Gasteiger charge is -2.22. The number of nitrogens with zero attached hydrogens (tertiary/aromatic N) is 3. The molecule has 0 saturated carbocycles. The number of thiazole rings is 1. The van der Waals surface area contributed by atoms with Crippen LogP contribution in [-0.4, -0.2) is 55.8 Å². The summed E-state index contributed by atoms with van der Waals surface area (Å²) < 4.78 is 6.43. The fourth-order valence-corrected chi connectivity index (χ4v) is 4.73. The van der Waals surface area contributed by atoms with E-state index in [0.29, 0.717) is 28.9 Å². The Hall–Kier alpha value is -1.80. The van der Waals surface area contributed by atoms with Crippen LogP contribution in [0.4, 0.5) is 5.13 Å². The minimum atomic E-state index is 0.0753. The molecule has 1 heterocycles. The van der Waals surface area contributed by atoms with Crippen LogP contribution in [0, 0.1) is 0 Å². The Morgan fingerprint density at radius 3 is 2.62 bits per heavy atom. The van der Waals surface area contributed by atoms with E-state index in [9.17, 15) is 4.79 Å². The minimum absolute atomic E-state index is 0.0753. The summed E-state index contributed by atoms with van der Waals surface area (Å²) in [5.41, 5.74) is 0.799. The normalized spacial score (nSPS) is 11.2. The third-order valence-corrected chi connectivity index (χ3v) is 6.60. The highest BCUT2D eigenvalue weighted by atomic mass is 35.5. The molecule has 2 aromatic carbocycles. The van der Waals surface area contributed by atoms with Crippen LogP contribution in [0.15, 0.2) is 47.4 Å². The van der Waals surface area contributed by atoms with Gasteiger partial charge < -0.3 is 9.64 Å². The Balaban J connectivity index is 1.73. The predicted octanol–water partition coefficient (Wildman–Crippen LogP) is 5.04. The Kier molecular flexibility index (Phi) is 7.77. The number of likely N-dealkylation sites (N-methyl/N-ethyl adjacent to an activating group) is 1. The van der Waals surface area contributed by atoms with E-state index in [4.69, 9.17) is 21.3 Å². The molecule has 0 atom stereocenters. The number of amides is 1. The lowest BCUT2D eigenvalue weighted by molar-refractivity contribution is -0.118. The van der Waals surface area contributed by atoms with E-state index in [1.165, 1.54) is 11.3 Å². The van der Waals surface area contributed by atoms with Gasteiger partial charge in [0.25, 0.3) is 0 Å². The topological polar surface area (TPSA) is 45.7 Å². The number of para-hydroxylation sites is 1. The smallest absolute Gasteiger partial charge is 0.229 e. The van der Waals surface area contributed by atoms with E-state index >= 15 is 0 Å². The number of fused-ring (bicyclic) bond motifs is 1. The number of hydrogen-bond acceptors (Lipinski definition) is 6. The molecule has 0 radical (unpaired) electrons. The molecule has 0 fully saturated rings. The summed E-state index contributed by atoms with van der Waals surface area (Å²) in [6.07, 6.45) is 0.438. The molecule has 0 aliphatic rings. The van der Waals surface area contributed by atoms with E-state index in [-0.39, 0.29) is 5.91 Å². The molecule has 0 unspecified atom stereocenters. The zero-order valence-corrected chi connectivity index (χ0v) is 19.1. The zero-order valence-electron chi connectivity index (χ0n) is 16.7. The van der Waals surface area contributed by atoms with Gasteiger partial charge in [-0.15, -0.1) is 11.8 Å². The van der Waals surface area contributed by atoms with E-state index in [1.54, 1.807) is 23.8 Å². The second kappa shape index (κ2) is 10.3. The summed E-state index contributed by atoms with van der Waals surface area (Å²) in [5, 5.41) is 1.43. The van der Waals surface area contributed by atoms with Crippen LogP contribution in [0.1, 0.15) is 6.42 Å². The monoisotopic (exact) mass is 449 g/mol. The van der Waals surface area contributed by atoms with Crippen LogP contribution in [0.25, 0.3) is 10.2 Å². The van der Waals surface area contributed by atoms with Crippen molar-refractivity contribution in [2.45, 2.75) is 11.3 Å². The Bertz CT molecular complexity index is 960. The van der Waals surface area contributed by atoms with Crippen molar-refractivity contribution in [1.82, 2.24) is 9.88 Å². The van der Waals surface area contributed by atoms with Crippen molar-refractivity contribution in [3.8, 4) is 5.75 Å². The Morgan fingerprint density at radius 2 is 1.93 bits per heavy atom. The molecule has 0 saturated heterocycles. The number of benzene rings is 2. The number of methoxy groups -OCH3 is 1. The number of hydrogen-bond donors (Lipinski definition) is 0. The van der Waals surface area contributed by atoms with Gasteiger partial charge in [0.15, 0.2) is 5.13 Å². The number of ether oxygens (including phenoxy) is 1. The maximum absolute atomic E-state index is 13.0. The predicted molar refractivity (Wildman–Crippen MR) is 124 cm³/mol.